The summed E-state index contributed by atoms with van der Waals surface area (Å²) in [5.74, 6) is -0.603. The molecule has 354 valence electrons. The van der Waals surface area contributed by atoms with Gasteiger partial charge in [-0.25, -0.2) is 4.57 Å². The van der Waals surface area contributed by atoms with Gasteiger partial charge in [0.2, 0.25) is 0 Å². The molecule has 1 saturated carbocycles. The molecule has 0 aliphatic heterocycles. The van der Waals surface area contributed by atoms with E-state index in [1.165, 1.54) is 103 Å². The highest BCUT2D eigenvalue weighted by atomic mass is 31.2. The van der Waals surface area contributed by atoms with E-state index in [9.17, 15) is 39.8 Å². The van der Waals surface area contributed by atoms with Crippen LogP contribution < -0.4 is 0 Å². The Labute approximate surface area is 368 Å². The van der Waals surface area contributed by atoms with Crippen molar-refractivity contribution in [1.29, 1.82) is 0 Å². The summed E-state index contributed by atoms with van der Waals surface area (Å²) < 4.78 is 34.1. The minimum Gasteiger partial charge on any atom is -0.457 e. The van der Waals surface area contributed by atoms with Crippen molar-refractivity contribution in [2.75, 3.05) is 19.8 Å². The predicted octanol–water partition coefficient (Wildman–Crippen LogP) is 9.81. The van der Waals surface area contributed by atoms with E-state index >= 15 is 0 Å². The molecular weight excluding hydrogens is 799 g/mol. The van der Waals surface area contributed by atoms with Gasteiger partial charge in [-0.15, -0.1) is 0 Å². The highest BCUT2D eigenvalue weighted by Gasteiger charge is 2.51. The molecule has 13 heteroatoms. The number of phosphoric ester groups is 1. The number of hydrogen-bond donors (Lipinski definition) is 6. The highest BCUT2D eigenvalue weighted by molar-refractivity contribution is 7.47. The Morgan fingerprint density at radius 2 is 0.902 bits per heavy atom. The second kappa shape index (κ2) is 38.5. The molecule has 1 rings (SSSR count). The van der Waals surface area contributed by atoms with Crippen LogP contribution in [0.25, 0.3) is 0 Å². The monoisotopic (exact) mass is 885 g/mol. The normalized spacial score (nSPS) is 22.7. The van der Waals surface area contributed by atoms with Gasteiger partial charge in [0.05, 0.1) is 19.6 Å². The molecule has 1 aliphatic rings. The van der Waals surface area contributed by atoms with E-state index in [2.05, 4.69) is 50.3 Å². The van der Waals surface area contributed by atoms with Crippen LogP contribution in [-0.4, -0.2) is 98.9 Å². The van der Waals surface area contributed by atoms with Crippen LogP contribution in [0.3, 0.4) is 0 Å². The number of aliphatic hydroxyl groups is 5. The molecule has 0 radical (unpaired) electrons. The second-order valence-electron chi connectivity index (χ2n) is 16.3. The average molecular weight is 885 g/mol. The summed E-state index contributed by atoms with van der Waals surface area (Å²) in [6.07, 6.45) is 36.1. The fourth-order valence-electron chi connectivity index (χ4n) is 6.96. The molecule has 1 aliphatic carbocycles. The third-order valence-corrected chi connectivity index (χ3v) is 11.7. The molecule has 6 N–H and O–H groups in total. The topological polar surface area (TPSA) is 192 Å². The van der Waals surface area contributed by atoms with Gasteiger partial charge in [-0.05, 0) is 38.5 Å². The molecule has 61 heavy (non-hydrogen) atoms. The van der Waals surface area contributed by atoms with Gasteiger partial charge in [0.25, 0.3) is 0 Å². The third-order valence-electron chi connectivity index (χ3n) is 10.7. The summed E-state index contributed by atoms with van der Waals surface area (Å²) in [7, 11) is -5.04. The van der Waals surface area contributed by atoms with Crippen LogP contribution in [0.5, 0.6) is 0 Å². The van der Waals surface area contributed by atoms with Crippen LogP contribution in [0.4, 0.5) is 0 Å². The molecule has 0 aromatic heterocycles. The van der Waals surface area contributed by atoms with Crippen molar-refractivity contribution < 1.29 is 58.3 Å². The summed E-state index contributed by atoms with van der Waals surface area (Å²) in [5.41, 5.74) is 0. The smallest absolute Gasteiger partial charge is 0.457 e. The fraction of sp³-hybridized carbons (Fsp3) is 0.771. The Bertz CT molecular complexity index is 1240. The maximum atomic E-state index is 12.8. The molecule has 6 unspecified atom stereocenters. The molecular formula is C48H85O12P. The molecule has 12 nitrogen and oxygen atoms in total. The number of carbonyl (C=O) groups excluding carboxylic acids is 1. The van der Waals surface area contributed by atoms with Crippen LogP contribution in [0.1, 0.15) is 174 Å². The molecule has 0 heterocycles. The van der Waals surface area contributed by atoms with Crippen LogP contribution in [-0.2, 0) is 27.9 Å². The van der Waals surface area contributed by atoms with Gasteiger partial charge in [-0.3, -0.25) is 13.8 Å². The molecule has 0 amide bonds. The third kappa shape index (κ3) is 30.7. The van der Waals surface area contributed by atoms with Crippen molar-refractivity contribution in [2.45, 2.75) is 217 Å². The first-order valence-electron chi connectivity index (χ1n) is 23.6. The van der Waals surface area contributed by atoms with Crippen molar-refractivity contribution in [3.63, 3.8) is 0 Å². The Hall–Kier alpha value is -1.96. The lowest BCUT2D eigenvalue weighted by Crippen LogP contribution is -2.64. The average Bonchev–Trinajstić information content (AvgIpc) is 3.24. The van der Waals surface area contributed by atoms with Crippen molar-refractivity contribution in [3.8, 4) is 0 Å². The molecule has 0 spiro atoms. The highest BCUT2D eigenvalue weighted by Crippen LogP contribution is 2.47. The maximum absolute atomic E-state index is 12.8. The second-order valence-corrected chi connectivity index (χ2v) is 17.7. The summed E-state index contributed by atoms with van der Waals surface area (Å²) in [6.45, 7) is 4.05. The largest absolute Gasteiger partial charge is 0.472 e. The van der Waals surface area contributed by atoms with Crippen molar-refractivity contribution >= 4 is 13.8 Å². The Kier molecular flexibility index (Phi) is 36.0. The van der Waals surface area contributed by atoms with Gasteiger partial charge in [0.1, 0.15) is 42.7 Å². The van der Waals surface area contributed by atoms with Crippen LogP contribution in [0.15, 0.2) is 60.8 Å². The Morgan fingerprint density at radius 3 is 1.33 bits per heavy atom. The first-order chi connectivity index (χ1) is 29.5. The van der Waals surface area contributed by atoms with Crippen molar-refractivity contribution in [3.05, 3.63) is 60.8 Å². The molecule has 1 fully saturated rings. The zero-order valence-electron chi connectivity index (χ0n) is 37.7. The van der Waals surface area contributed by atoms with E-state index in [1.807, 2.05) is 18.2 Å². The summed E-state index contributed by atoms with van der Waals surface area (Å²) >= 11 is 0. The van der Waals surface area contributed by atoms with Crippen molar-refractivity contribution in [1.82, 2.24) is 0 Å². The first-order valence-corrected chi connectivity index (χ1v) is 25.1. The van der Waals surface area contributed by atoms with Crippen LogP contribution in [0, 0.1) is 0 Å². The zero-order valence-corrected chi connectivity index (χ0v) is 38.6. The molecule has 0 aromatic carbocycles. The van der Waals surface area contributed by atoms with Crippen LogP contribution >= 0.6 is 7.82 Å². The first kappa shape index (κ1) is 57.1. The number of phosphoric acid groups is 1. The lowest BCUT2D eigenvalue weighted by molar-refractivity contribution is -0.220. The lowest BCUT2D eigenvalue weighted by Gasteiger charge is -2.41. The number of rotatable bonds is 39. The predicted molar refractivity (Wildman–Crippen MR) is 244 cm³/mol. The van der Waals surface area contributed by atoms with Gasteiger partial charge in [0, 0.05) is 6.61 Å². The van der Waals surface area contributed by atoms with Gasteiger partial charge in [-0.1, -0.05) is 190 Å². The summed E-state index contributed by atoms with van der Waals surface area (Å²) in [4.78, 5) is 23.1. The van der Waals surface area contributed by atoms with Crippen molar-refractivity contribution in [2.24, 2.45) is 0 Å². The molecule has 0 bridgehead atoms. The number of esters is 1. The van der Waals surface area contributed by atoms with E-state index in [0.717, 1.165) is 44.9 Å². The van der Waals surface area contributed by atoms with Gasteiger partial charge >= 0.3 is 13.8 Å². The summed E-state index contributed by atoms with van der Waals surface area (Å²) in [5, 5.41) is 50.2. The molecule has 0 saturated heterocycles. The molecule has 0 aromatic rings. The van der Waals surface area contributed by atoms with Gasteiger partial charge in [0.15, 0.2) is 0 Å². The summed E-state index contributed by atoms with van der Waals surface area (Å²) in [6, 6.07) is 0. The number of ether oxygens (including phenoxy) is 2. The van der Waals surface area contributed by atoms with E-state index in [4.69, 9.17) is 18.5 Å². The number of unbranched alkanes of at least 4 members (excludes halogenated alkanes) is 18. The standard InChI is InChI=1S/C48H85O12P/c1-3-5-7-9-11-13-15-17-19-20-21-22-24-26-28-30-32-34-36-38-57-39-41(40-58-61(55,56)60-48-46(53)44(51)43(50)45(52)47(48)54)59-42(49)37-35-33-31-29-27-25-23-18-16-14-12-10-8-6-4-2/h6,8,12,14,18,23,27,29,33,35,41,43-48,50-54H,3-5,7,9-11,13,15-17,19-22,24-26,28,30-32,34,36-40H2,1-2H3,(H,55,56)/b8-6-,14-12-,23-18-,29-27-,35-33-. The van der Waals surface area contributed by atoms with E-state index < -0.39 is 63.1 Å². The number of aliphatic hydroxyl groups excluding tert-OH is 5. The molecule has 6 atom stereocenters. The van der Waals surface area contributed by atoms with E-state index in [0.29, 0.717) is 13.0 Å². The fourth-order valence-corrected chi connectivity index (χ4v) is 7.93. The minimum atomic E-state index is -5.04. The maximum Gasteiger partial charge on any atom is 0.472 e. The zero-order chi connectivity index (χ0) is 44.8. The number of allylic oxidation sites excluding steroid dienone is 9. The quantitative estimate of drug-likeness (QED) is 0.0148. The van der Waals surface area contributed by atoms with Gasteiger partial charge in [-0.2, -0.15) is 0 Å². The van der Waals surface area contributed by atoms with Crippen LogP contribution in [0.2, 0.25) is 0 Å². The number of carbonyl (C=O) groups is 1. The van der Waals surface area contributed by atoms with E-state index in [-0.39, 0.29) is 13.0 Å². The van der Waals surface area contributed by atoms with Gasteiger partial charge < -0.3 is 39.9 Å². The van der Waals surface area contributed by atoms with E-state index in [1.54, 1.807) is 6.08 Å². The lowest BCUT2D eigenvalue weighted by atomic mass is 9.85. The Balaban J connectivity index is 2.42. The number of hydrogen-bond acceptors (Lipinski definition) is 11. The minimum absolute atomic E-state index is 0.0464. The SMILES string of the molecule is CC/C=C\C/C=C\C/C=C\C/C=C\C/C=C\CC(=O)OC(COCCCCCCCCCCCCCCCCCCCCC)COP(=O)(O)OC1C(O)C(O)C(O)C(O)C1O. The Morgan fingerprint density at radius 1 is 0.525 bits per heavy atom.